The lowest BCUT2D eigenvalue weighted by Crippen LogP contribution is -2.68. The van der Waals surface area contributed by atoms with Gasteiger partial charge < -0.3 is 9.84 Å². The number of aliphatic hydroxyl groups is 1. The number of aliphatic hydroxyl groups excluding tert-OH is 1. The number of ketones is 1. The molecule has 4 aliphatic carbocycles. The zero-order valence-electron chi connectivity index (χ0n) is 18.2. The number of hydrogen-bond donors (Lipinski definition) is 1. The van der Waals surface area contributed by atoms with E-state index in [1.54, 1.807) is 35.7 Å². The van der Waals surface area contributed by atoms with Crippen molar-refractivity contribution >= 4 is 35.3 Å². The monoisotopic (exact) mass is 454 g/mol. The normalized spacial score (nSPS) is 46.5. The van der Waals surface area contributed by atoms with Crippen LogP contribution in [0.3, 0.4) is 0 Å². The Kier molecular flexibility index (Phi) is 5.31. The average Bonchev–Trinajstić information content (AvgIpc) is 2.89. The van der Waals surface area contributed by atoms with E-state index in [0.717, 1.165) is 5.57 Å². The van der Waals surface area contributed by atoms with Crippen molar-refractivity contribution in [3.8, 4) is 0 Å². The molecule has 0 aliphatic heterocycles. The van der Waals surface area contributed by atoms with E-state index in [1.807, 2.05) is 19.4 Å². The number of allylic oxidation sites excluding steroid dienone is 4. The number of halogens is 1. The number of carbonyl (C=O) groups is 2. The molecule has 0 saturated heterocycles. The Morgan fingerprint density at radius 3 is 2.53 bits per heavy atom. The van der Waals surface area contributed by atoms with E-state index in [9.17, 15) is 14.7 Å². The highest BCUT2D eigenvalue weighted by atomic mass is 32.2. The molecule has 166 valence electrons. The molecule has 0 amide bonds. The number of hydrogen-bond acceptors (Lipinski definition) is 6. The molecule has 0 spiro atoms. The van der Waals surface area contributed by atoms with Crippen LogP contribution in [0, 0.1) is 22.7 Å². The van der Waals surface area contributed by atoms with E-state index in [-0.39, 0.29) is 17.6 Å². The minimum atomic E-state index is -1.82. The van der Waals surface area contributed by atoms with Crippen molar-refractivity contribution in [2.45, 2.75) is 68.4 Å². The van der Waals surface area contributed by atoms with Crippen molar-refractivity contribution in [3.63, 3.8) is 0 Å². The van der Waals surface area contributed by atoms with E-state index < -0.39 is 38.8 Å². The van der Waals surface area contributed by atoms with E-state index in [1.165, 1.54) is 13.0 Å². The highest BCUT2D eigenvalue weighted by Crippen LogP contribution is 2.73. The van der Waals surface area contributed by atoms with E-state index in [0.29, 0.717) is 25.7 Å². The third-order valence-corrected chi connectivity index (χ3v) is 12.3. The Hall–Kier alpha value is -0.790. The molecule has 0 bridgehead atoms. The molecule has 3 fully saturated rings. The van der Waals surface area contributed by atoms with Crippen LogP contribution in [-0.2, 0) is 14.3 Å². The van der Waals surface area contributed by atoms with Gasteiger partial charge in [0.2, 0.25) is 0 Å². The molecule has 0 heterocycles. The second-order valence-corrected chi connectivity index (χ2v) is 12.0. The standard InChI is InChI=1S/C23H31FO4S2/c1-13(25)28-19-12-21(3)17(11-18(27)23(21,29-4)30-5)16-7-6-14-10-15(26)8-9-20(14,2)22(16,19)24/h8-10,16-19,27H,6-7,11-12H2,1-5H3/t16-,17-,18+,19-,20-,21-,22?/m0/s1. The summed E-state index contributed by atoms with van der Waals surface area (Å²) < 4.78 is 22.8. The van der Waals surface area contributed by atoms with Gasteiger partial charge in [-0.25, -0.2) is 4.39 Å². The summed E-state index contributed by atoms with van der Waals surface area (Å²) in [6.45, 7) is 5.31. The molecule has 30 heavy (non-hydrogen) atoms. The minimum Gasteiger partial charge on any atom is -0.459 e. The molecule has 0 aromatic rings. The maximum atomic E-state index is 17.5. The third kappa shape index (κ3) is 2.57. The molecule has 0 aromatic heterocycles. The predicted octanol–water partition coefficient (Wildman–Crippen LogP) is 4.32. The summed E-state index contributed by atoms with van der Waals surface area (Å²) in [7, 11) is 0. The van der Waals surface area contributed by atoms with Crippen LogP contribution in [0.4, 0.5) is 4.39 Å². The van der Waals surface area contributed by atoms with Gasteiger partial charge in [0.05, 0.1) is 10.2 Å². The smallest absolute Gasteiger partial charge is 0.303 e. The maximum Gasteiger partial charge on any atom is 0.303 e. The first-order valence-electron chi connectivity index (χ1n) is 10.6. The summed E-state index contributed by atoms with van der Waals surface area (Å²) in [6, 6.07) is 0. The Bertz CT molecular complexity index is 837. The summed E-state index contributed by atoms with van der Waals surface area (Å²) in [4.78, 5) is 24.1. The first-order chi connectivity index (χ1) is 14.0. The Balaban J connectivity index is 1.89. The largest absolute Gasteiger partial charge is 0.459 e. The van der Waals surface area contributed by atoms with Crippen molar-refractivity contribution in [2.24, 2.45) is 22.7 Å². The van der Waals surface area contributed by atoms with Crippen LogP contribution in [0.2, 0.25) is 0 Å². The first-order valence-corrected chi connectivity index (χ1v) is 13.0. The first kappa shape index (κ1) is 22.4. The van der Waals surface area contributed by atoms with Crippen molar-refractivity contribution in [1.82, 2.24) is 0 Å². The van der Waals surface area contributed by atoms with Gasteiger partial charge in [-0.15, -0.1) is 23.5 Å². The zero-order valence-corrected chi connectivity index (χ0v) is 19.9. The number of rotatable bonds is 3. The van der Waals surface area contributed by atoms with Gasteiger partial charge in [-0.1, -0.05) is 18.6 Å². The van der Waals surface area contributed by atoms with Crippen molar-refractivity contribution in [2.75, 3.05) is 12.5 Å². The lowest BCUT2D eigenvalue weighted by Gasteiger charge is -2.63. The fourth-order valence-corrected chi connectivity index (χ4v) is 10.1. The Morgan fingerprint density at radius 2 is 1.93 bits per heavy atom. The fraction of sp³-hybridized carbons (Fsp3) is 0.739. The summed E-state index contributed by atoms with van der Waals surface area (Å²) in [6.07, 6.45) is 9.34. The van der Waals surface area contributed by atoms with Crippen molar-refractivity contribution in [3.05, 3.63) is 23.8 Å². The SMILES string of the molecule is CSC1(SC)[C@H](O)C[C@H]2[C@@H]3CCC4=CC(=O)C=C[C@]4(C)C3(F)[C@@H](OC(C)=O)C[C@@]21C. The molecule has 7 heteroatoms. The highest BCUT2D eigenvalue weighted by molar-refractivity contribution is 8.17. The summed E-state index contributed by atoms with van der Waals surface area (Å²) in [5, 5.41) is 11.2. The number of esters is 1. The molecular formula is C23H31FO4S2. The lowest BCUT2D eigenvalue weighted by molar-refractivity contribution is -0.209. The van der Waals surface area contributed by atoms with Gasteiger partial charge in [0.1, 0.15) is 6.10 Å². The van der Waals surface area contributed by atoms with Gasteiger partial charge in [0.25, 0.3) is 0 Å². The lowest BCUT2D eigenvalue weighted by atomic mass is 9.46. The van der Waals surface area contributed by atoms with E-state index in [4.69, 9.17) is 4.74 Å². The summed E-state index contributed by atoms with van der Waals surface area (Å²) >= 11 is 3.27. The van der Waals surface area contributed by atoms with Gasteiger partial charge in [-0.2, -0.15) is 0 Å². The van der Waals surface area contributed by atoms with Gasteiger partial charge in [-0.3, -0.25) is 9.59 Å². The third-order valence-electron chi connectivity index (χ3n) is 8.63. The molecule has 4 rings (SSSR count). The fourth-order valence-electron chi connectivity index (χ4n) is 7.28. The molecule has 3 saturated carbocycles. The van der Waals surface area contributed by atoms with Crippen molar-refractivity contribution < 1.29 is 23.8 Å². The number of thioether (sulfide) groups is 2. The molecule has 4 aliphatic rings. The van der Waals surface area contributed by atoms with E-state index >= 15 is 4.39 Å². The maximum absolute atomic E-state index is 17.5. The molecule has 1 unspecified atom stereocenters. The molecular weight excluding hydrogens is 423 g/mol. The number of alkyl halides is 1. The summed E-state index contributed by atoms with van der Waals surface area (Å²) in [5.74, 6) is -1.01. The summed E-state index contributed by atoms with van der Waals surface area (Å²) in [5.41, 5.74) is -2.43. The van der Waals surface area contributed by atoms with Gasteiger partial charge in [0, 0.05) is 23.7 Å². The van der Waals surface area contributed by atoms with Gasteiger partial charge in [-0.05, 0) is 63.2 Å². The average molecular weight is 455 g/mol. The van der Waals surface area contributed by atoms with Crippen LogP contribution in [0.15, 0.2) is 23.8 Å². The zero-order chi connectivity index (χ0) is 22.1. The van der Waals surface area contributed by atoms with Crippen LogP contribution in [0.5, 0.6) is 0 Å². The molecule has 4 nitrogen and oxygen atoms in total. The Morgan fingerprint density at radius 1 is 1.27 bits per heavy atom. The van der Waals surface area contributed by atoms with Crippen LogP contribution in [-0.4, -0.2) is 51.3 Å². The van der Waals surface area contributed by atoms with Crippen LogP contribution < -0.4 is 0 Å². The van der Waals surface area contributed by atoms with Crippen LogP contribution in [0.1, 0.15) is 46.5 Å². The van der Waals surface area contributed by atoms with Gasteiger partial charge >= 0.3 is 5.97 Å². The molecule has 0 aromatic carbocycles. The Labute approximate surface area is 186 Å². The van der Waals surface area contributed by atoms with E-state index in [2.05, 4.69) is 6.92 Å². The van der Waals surface area contributed by atoms with Crippen LogP contribution in [0.25, 0.3) is 0 Å². The predicted molar refractivity (Wildman–Crippen MR) is 119 cm³/mol. The molecule has 1 N–H and O–H groups in total. The van der Waals surface area contributed by atoms with Crippen LogP contribution >= 0.6 is 23.5 Å². The number of ether oxygens (including phenoxy) is 1. The topological polar surface area (TPSA) is 63.6 Å². The van der Waals surface area contributed by atoms with Gasteiger partial charge in [0.15, 0.2) is 11.5 Å². The molecule has 0 radical (unpaired) electrons. The van der Waals surface area contributed by atoms with Crippen molar-refractivity contribution in [1.29, 1.82) is 0 Å². The number of fused-ring (bicyclic) bond motifs is 5. The number of carbonyl (C=O) groups excluding carboxylic acids is 2. The quantitative estimate of drug-likeness (QED) is 0.506. The molecule has 7 atom stereocenters. The second kappa shape index (κ2) is 7.11. The highest BCUT2D eigenvalue weighted by Gasteiger charge is 2.75. The second-order valence-electron chi connectivity index (χ2n) is 9.67. The minimum absolute atomic E-state index is 0.0337.